The van der Waals surface area contributed by atoms with E-state index in [1.165, 1.54) is 33.4 Å². The fourth-order valence-corrected chi connectivity index (χ4v) is 6.51. The van der Waals surface area contributed by atoms with Crippen molar-refractivity contribution in [3.8, 4) is 0 Å². The minimum atomic E-state index is -0.0805. The largest absolute Gasteiger partial charge is 0.299 e. The van der Waals surface area contributed by atoms with E-state index in [1.807, 2.05) is 0 Å². The maximum Gasteiger partial charge on any atom is 0.141 e. The summed E-state index contributed by atoms with van der Waals surface area (Å²) < 4.78 is 0. The third-order valence-corrected chi connectivity index (χ3v) is 8.82. The van der Waals surface area contributed by atoms with Crippen LogP contribution >= 0.6 is 0 Å². The number of carbonyl (C=O) groups is 2. The first-order valence-corrected chi connectivity index (χ1v) is 15.2. The van der Waals surface area contributed by atoms with Crippen LogP contribution in [-0.2, 0) is 9.59 Å². The average molecular weight is 517 g/mol. The molecule has 4 atom stereocenters. The van der Waals surface area contributed by atoms with Crippen LogP contribution in [0, 0.1) is 23.7 Å². The summed E-state index contributed by atoms with van der Waals surface area (Å²) in [6.45, 7) is 13.1. The Hall–Kier alpha value is -2.22. The molecule has 0 heterocycles. The number of hydrogen-bond donors (Lipinski definition) is 0. The summed E-state index contributed by atoms with van der Waals surface area (Å²) in [4.78, 5) is 27.1. The fraction of sp³-hybridized carbons (Fsp3) is 0.611. The van der Waals surface area contributed by atoms with Gasteiger partial charge in [-0.15, -0.1) is 0 Å². The highest BCUT2D eigenvalue weighted by Gasteiger charge is 2.50. The molecule has 0 bridgehead atoms. The number of hydrogen-bond acceptors (Lipinski definition) is 2. The van der Waals surface area contributed by atoms with Gasteiger partial charge in [-0.1, -0.05) is 69.9 Å². The Bertz CT molecular complexity index is 953. The zero-order valence-corrected chi connectivity index (χ0v) is 25.1. The standard InChI is InChI=1S/C36H52O2/c1-25(2)11-7-13-27(5)15-9-17-29-19-21-31-33(23-29)36(38)34-24-30(20-22-32(34)35(31)37)18-10-16-28(6)14-8-12-26(3)4/h11-12,15-16,19-20,31-34H,7-10,13-14,17-18,21-24H2,1-6H3. The van der Waals surface area contributed by atoms with E-state index in [-0.39, 0.29) is 23.7 Å². The van der Waals surface area contributed by atoms with Crippen LogP contribution in [0.3, 0.4) is 0 Å². The molecule has 1 saturated carbocycles. The summed E-state index contributed by atoms with van der Waals surface area (Å²) >= 11 is 0. The number of carbonyl (C=O) groups excluding carboxylic acids is 2. The second kappa shape index (κ2) is 14.8. The molecule has 2 nitrogen and oxygen atoms in total. The SMILES string of the molecule is CC(C)=CCCC(C)=CCCC1=CCC2C(=O)C3CC=C(CCC=C(C)CCC=C(C)C)CC3C(=O)C2C1. The highest BCUT2D eigenvalue weighted by molar-refractivity contribution is 6.00. The lowest BCUT2D eigenvalue weighted by Crippen LogP contribution is -2.49. The van der Waals surface area contributed by atoms with Crippen molar-refractivity contribution < 1.29 is 9.59 Å². The first kappa shape index (κ1) is 30.3. The molecule has 0 N–H and O–H groups in total. The Morgan fingerprint density at radius 1 is 0.605 bits per heavy atom. The predicted molar refractivity (Wildman–Crippen MR) is 162 cm³/mol. The van der Waals surface area contributed by atoms with E-state index < -0.39 is 0 Å². The normalized spacial score (nSPS) is 25.7. The van der Waals surface area contributed by atoms with Crippen LogP contribution in [0.5, 0.6) is 0 Å². The molecular weight excluding hydrogens is 464 g/mol. The molecule has 0 aliphatic heterocycles. The molecule has 208 valence electrons. The summed E-state index contributed by atoms with van der Waals surface area (Å²) in [6.07, 6.45) is 25.6. The van der Waals surface area contributed by atoms with Crippen molar-refractivity contribution >= 4 is 11.6 Å². The average Bonchev–Trinajstić information content (AvgIpc) is 2.86. The lowest BCUT2D eigenvalue weighted by molar-refractivity contribution is -0.147. The molecule has 0 aromatic rings. The molecule has 4 unspecified atom stereocenters. The van der Waals surface area contributed by atoms with Crippen LogP contribution in [-0.4, -0.2) is 11.6 Å². The molecule has 0 radical (unpaired) electrons. The highest BCUT2D eigenvalue weighted by atomic mass is 16.1. The molecule has 3 aliphatic carbocycles. The smallest absolute Gasteiger partial charge is 0.141 e. The minimum absolute atomic E-state index is 0.0739. The van der Waals surface area contributed by atoms with Crippen LogP contribution in [0.1, 0.15) is 119 Å². The van der Waals surface area contributed by atoms with Crippen molar-refractivity contribution in [2.45, 2.75) is 119 Å². The Labute approximate surface area is 233 Å². The van der Waals surface area contributed by atoms with Crippen molar-refractivity contribution in [1.82, 2.24) is 0 Å². The van der Waals surface area contributed by atoms with Crippen molar-refractivity contribution in [2.75, 3.05) is 0 Å². The molecule has 2 heteroatoms. The summed E-state index contributed by atoms with van der Waals surface area (Å²) in [5.74, 6) is 0.449. The summed E-state index contributed by atoms with van der Waals surface area (Å²) in [7, 11) is 0. The summed E-state index contributed by atoms with van der Waals surface area (Å²) in [5.41, 5.74) is 8.43. The predicted octanol–water partition coefficient (Wildman–Crippen LogP) is 9.99. The van der Waals surface area contributed by atoms with Gasteiger partial charge < -0.3 is 0 Å². The molecule has 3 rings (SSSR count). The number of Topliss-reactive ketones (excluding diaryl/α,β-unsaturated/α-hetero) is 2. The van der Waals surface area contributed by atoms with Crippen molar-refractivity contribution in [3.05, 3.63) is 69.9 Å². The maximum atomic E-state index is 13.7. The number of fused-ring (bicyclic) bond motifs is 2. The minimum Gasteiger partial charge on any atom is -0.299 e. The van der Waals surface area contributed by atoms with E-state index in [4.69, 9.17) is 0 Å². The maximum absolute atomic E-state index is 13.7. The van der Waals surface area contributed by atoms with Crippen molar-refractivity contribution in [3.63, 3.8) is 0 Å². The second-order valence-corrected chi connectivity index (χ2v) is 12.7. The Morgan fingerprint density at radius 3 is 1.39 bits per heavy atom. The quantitative estimate of drug-likeness (QED) is 0.242. The first-order chi connectivity index (χ1) is 18.2. The van der Waals surface area contributed by atoms with Crippen LogP contribution in [0.15, 0.2) is 69.9 Å². The molecule has 0 aromatic heterocycles. The molecule has 38 heavy (non-hydrogen) atoms. The van der Waals surface area contributed by atoms with E-state index in [2.05, 4.69) is 78.0 Å². The van der Waals surface area contributed by atoms with Crippen LogP contribution in [0.4, 0.5) is 0 Å². The topological polar surface area (TPSA) is 34.1 Å². The zero-order valence-electron chi connectivity index (χ0n) is 25.1. The van der Waals surface area contributed by atoms with Gasteiger partial charge in [0, 0.05) is 23.7 Å². The lowest BCUT2D eigenvalue weighted by atomic mass is 9.58. The Balaban J connectivity index is 1.52. The van der Waals surface area contributed by atoms with Gasteiger partial charge in [-0.3, -0.25) is 9.59 Å². The third kappa shape index (κ3) is 8.92. The van der Waals surface area contributed by atoms with E-state index in [9.17, 15) is 9.59 Å². The van der Waals surface area contributed by atoms with Gasteiger partial charge in [-0.05, 0) is 119 Å². The monoisotopic (exact) mass is 516 g/mol. The van der Waals surface area contributed by atoms with Gasteiger partial charge in [-0.25, -0.2) is 0 Å². The van der Waals surface area contributed by atoms with Gasteiger partial charge in [0.1, 0.15) is 11.6 Å². The van der Waals surface area contributed by atoms with Crippen LogP contribution in [0.2, 0.25) is 0 Å². The summed E-state index contributed by atoms with van der Waals surface area (Å²) in [6, 6.07) is 0. The molecule has 3 aliphatic rings. The van der Waals surface area contributed by atoms with Gasteiger partial charge in [0.15, 0.2) is 0 Å². The number of rotatable bonds is 12. The molecule has 0 saturated heterocycles. The van der Waals surface area contributed by atoms with Gasteiger partial charge in [0.25, 0.3) is 0 Å². The van der Waals surface area contributed by atoms with Gasteiger partial charge in [-0.2, -0.15) is 0 Å². The Morgan fingerprint density at radius 2 is 1.00 bits per heavy atom. The molecule has 0 spiro atoms. The van der Waals surface area contributed by atoms with Gasteiger partial charge in [0.2, 0.25) is 0 Å². The van der Waals surface area contributed by atoms with Crippen LogP contribution in [0.25, 0.3) is 0 Å². The lowest BCUT2D eigenvalue weighted by Gasteiger charge is -2.43. The van der Waals surface area contributed by atoms with Crippen molar-refractivity contribution in [1.29, 1.82) is 0 Å². The fourth-order valence-electron chi connectivity index (χ4n) is 6.51. The number of allylic oxidation sites excluding steroid dienone is 12. The van der Waals surface area contributed by atoms with Crippen molar-refractivity contribution in [2.24, 2.45) is 23.7 Å². The summed E-state index contributed by atoms with van der Waals surface area (Å²) in [5, 5.41) is 0. The highest BCUT2D eigenvalue weighted by Crippen LogP contribution is 2.46. The first-order valence-electron chi connectivity index (χ1n) is 15.2. The molecule has 0 amide bonds. The van der Waals surface area contributed by atoms with E-state index >= 15 is 0 Å². The number of ketones is 2. The van der Waals surface area contributed by atoms with Gasteiger partial charge >= 0.3 is 0 Å². The molecular formula is C36H52O2. The molecule has 1 fully saturated rings. The Kier molecular flexibility index (Phi) is 11.8. The van der Waals surface area contributed by atoms with E-state index in [0.717, 1.165) is 77.0 Å². The third-order valence-electron chi connectivity index (χ3n) is 8.82. The van der Waals surface area contributed by atoms with Crippen LogP contribution < -0.4 is 0 Å². The van der Waals surface area contributed by atoms with E-state index in [0.29, 0.717) is 11.6 Å². The zero-order chi connectivity index (χ0) is 27.7. The van der Waals surface area contributed by atoms with E-state index in [1.54, 1.807) is 0 Å². The molecule has 0 aromatic carbocycles. The second-order valence-electron chi connectivity index (χ2n) is 12.7. The van der Waals surface area contributed by atoms with Gasteiger partial charge in [0.05, 0.1) is 0 Å².